The van der Waals surface area contributed by atoms with Crippen molar-refractivity contribution in [3.05, 3.63) is 47.2 Å². The van der Waals surface area contributed by atoms with Crippen molar-refractivity contribution in [1.29, 1.82) is 0 Å². The second-order valence-electron chi connectivity index (χ2n) is 4.03. The zero-order chi connectivity index (χ0) is 14.2. The fourth-order valence-electron chi connectivity index (χ4n) is 1.72. The Hall–Kier alpha value is -2.05. The summed E-state index contributed by atoms with van der Waals surface area (Å²) in [5, 5.41) is 0. The Kier molecular flexibility index (Phi) is 3.46. The van der Waals surface area contributed by atoms with E-state index in [9.17, 15) is 17.6 Å². The smallest absolute Gasteiger partial charge is 0.253 e. The molecule has 0 amide bonds. The summed E-state index contributed by atoms with van der Waals surface area (Å²) in [5.41, 5.74) is -0.149. The number of pyridine rings is 1. The number of aryl methyl sites for hydroxylation is 1. The molecule has 0 atom stereocenters. The van der Waals surface area contributed by atoms with Crippen LogP contribution in [0.25, 0.3) is 0 Å². The SMILES string of the molecule is Cc1occc1CN(C)c1c(F)c(F)nc(F)c1F. The van der Waals surface area contributed by atoms with Gasteiger partial charge >= 0.3 is 0 Å². The van der Waals surface area contributed by atoms with Gasteiger partial charge in [0.05, 0.1) is 6.26 Å². The van der Waals surface area contributed by atoms with Crippen LogP contribution in [0.4, 0.5) is 23.2 Å². The Bertz CT molecular complexity index is 586. The molecule has 0 aliphatic carbocycles. The first-order chi connectivity index (χ1) is 8.91. The van der Waals surface area contributed by atoms with Crippen molar-refractivity contribution in [1.82, 2.24) is 4.98 Å². The zero-order valence-corrected chi connectivity index (χ0v) is 10.2. The van der Waals surface area contributed by atoms with E-state index in [0.717, 1.165) is 4.90 Å². The molecule has 2 aromatic heterocycles. The van der Waals surface area contributed by atoms with Crippen LogP contribution in [0.1, 0.15) is 11.3 Å². The summed E-state index contributed by atoms with van der Waals surface area (Å²) in [6, 6.07) is 1.61. The average molecular weight is 274 g/mol. The van der Waals surface area contributed by atoms with Crippen molar-refractivity contribution >= 4 is 5.69 Å². The van der Waals surface area contributed by atoms with Crippen molar-refractivity contribution in [2.24, 2.45) is 0 Å². The fraction of sp³-hybridized carbons (Fsp3) is 0.250. The average Bonchev–Trinajstić information content (AvgIpc) is 2.73. The Morgan fingerprint density at radius 1 is 1.16 bits per heavy atom. The molecule has 0 fully saturated rings. The maximum atomic E-state index is 13.5. The highest BCUT2D eigenvalue weighted by Gasteiger charge is 2.24. The van der Waals surface area contributed by atoms with Crippen molar-refractivity contribution < 1.29 is 22.0 Å². The Balaban J connectivity index is 2.39. The minimum absolute atomic E-state index is 0.0407. The molecule has 2 heterocycles. The molecule has 2 rings (SSSR count). The maximum absolute atomic E-state index is 13.5. The van der Waals surface area contributed by atoms with E-state index < -0.39 is 29.2 Å². The van der Waals surface area contributed by atoms with Crippen LogP contribution >= 0.6 is 0 Å². The van der Waals surface area contributed by atoms with Gasteiger partial charge in [0.25, 0.3) is 11.9 Å². The van der Waals surface area contributed by atoms with E-state index in [1.165, 1.54) is 13.3 Å². The fourth-order valence-corrected chi connectivity index (χ4v) is 1.72. The molecular weight excluding hydrogens is 264 g/mol. The molecule has 0 saturated heterocycles. The van der Waals surface area contributed by atoms with Crippen LogP contribution in [0.5, 0.6) is 0 Å². The lowest BCUT2D eigenvalue weighted by molar-refractivity contribution is 0.406. The largest absolute Gasteiger partial charge is 0.469 e. The third-order valence-corrected chi connectivity index (χ3v) is 2.73. The Morgan fingerprint density at radius 2 is 1.74 bits per heavy atom. The molecule has 0 N–H and O–H groups in total. The Labute approximate surface area is 106 Å². The third kappa shape index (κ3) is 2.40. The first-order valence-electron chi connectivity index (χ1n) is 5.36. The van der Waals surface area contributed by atoms with Crippen LogP contribution in [0.15, 0.2) is 16.7 Å². The van der Waals surface area contributed by atoms with Gasteiger partial charge in [-0.05, 0) is 13.0 Å². The van der Waals surface area contributed by atoms with Gasteiger partial charge in [0.15, 0.2) is 0 Å². The molecule has 3 nitrogen and oxygen atoms in total. The second kappa shape index (κ2) is 4.91. The summed E-state index contributed by atoms with van der Waals surface area (Å²) in [6.45, 7) is 1.71. The number of hydrogen-bond donors (Lipinski definition) is 0. The van der Waals surface area contributed by atoms with Gasteiger partial charge in [0.1, 0.15) is 11.4 Å². The summed E-state index contributed by atoms with van der Waals surface area (Å²) in [4.78, 5) is 3.55. The lowest BCUT2D eigenvalue weighted by atomic mass is 10.2. The van der Waals surface area contributed by atoms with E-state index in [4.69, 9.17) is 4.42 Å². The number of aromatic nitrogens is 1. The topological polar surface area (TPSA) is 29.3 Å². The molecule has 2 aromatic rings. The van der Waals surface area contributed by atoms with E-state index in [1.807, 2.05) is 0 Å². The van der Waals surface area contributed by atoms with Gasteiger partial charge in [-0.25, -0.2) is 0 Å². The van der Waals surface area contributed by atoms with E-state index in [1.54, 1.807) is 13.0 Å². The van der Waals surface area contributed by atoms with Crippen LogP contribution in [0.2, 0.25) is 0 Å². The highest BCUT2D eigenvalue weighted by Crippen LogP contribution is 2.27. The molecular formula is C12H10F4N2O. The zero-order valence-electron chi connectivity index (χ0n) is 10.2. The predicted molar refractivity (Wildman–Crippen MR) is 59.6 cm³/mol. The van der Waals surface area contributed by atoms with E-state index in [-0.39, 0.29) is 6.54 Å². The van der Waals surface area contributed by atoms with Gasteiger partial charge in [-0.1, -0.05) is 0 Å². The lowest BCUT2D eigenvalue weighted by Gasteiger charge is -2.20. The molecule has 0 bridgehead atoms. The molecule has 0 aliphatic heterocycles. The molecule has 0 aliphatic rings. The minimum Gasteiger partial charge on any atom is -0.469 e. The van der Waals surface area contributed by atoms with Gasteiger partial charge in [-0.15, -0.1) is 0 Å². The maximum Gasteiger partial charge on any atom is 0.253 e. The predicted octanol–water partition coefficient (Wildman–Crippen LogP) is 3.18. The quantitative estimate of drug-likeness (QED) is 0.636. The molecule has 0 unspecified atom stereocenters. The molecule has 7 heteroatoms. The highest BCUT2D eigenvalue weighted by atomic mass is 19.2. The van der Waals surface area contributed by atoms with Crippen LogP contribution in [-0.4, -0.2) is 12.0 Å². The van der Waals surface area contributed by atoms with Crippen molar-refractivity contribution in [2.75, 3.05) is 11.9 Å². The number of halogens is 4. The second-order valence-corrected chi connectivity index (χ2v) is 4.03. The summed E-state index contributed by atoms with van der Waals surface area (Å²) in [7, 11) is 1.31. The molecule has 0 aromatic carbocycles. The monoisotopic (exact) mass is 274 g/mol. The van der Waals surface area contributed by atoms with Crippen molar-refractivity contribution in [3.8, 4) is 0 Å². The lowest BCUT2D eigenvalue weighted by Crippen LogP contribution is -2.21. The van der Waals surface area contributed by atoms with Gasteiger partial charge < -0.3 is 9.32 Å². The van der Waals surface area contributed by atoms with Crippen molar-refractivity contribution in [2.45, 2.75) is 13.5 Å². The van der Waals surface area contributed by atoms with E-state index >= 15 is 0 Å². The standard InChI is InChI=1S/C12H10F4N2O/c1-6-7(3-4-19-6)5-18(2)10-8(13)11(15)17-12(16)9(10)14/h3-4H,5H2,1-2H3. The minimum atomic E-state index is -1.68. The first kappa shape index (κ1) is 13.4. The first-order valence-corrected chi connectivity index (χ1v) is 5.36. The van der Waals surface area contributed by atoms with Crippen LogP contribution in [0, 0.1) is 30.5 Å². The van der Waals surface area contributed by atoms with E-state index in [0.29, 0.717) is 11.3 Å². The van der Waals surface area contributed by atoms with Gasteiger partial charge in [0.2, 0.25) is 11.6 Å². The molecule has 0 spiro atoms. The molecule has 0 saturated carbocycles. The van der Waals surface area contributed by atoms with Gasteiger partial charge in [-0.2, -0.15) is 22.5 Å². The normalized spacial score (nSPS) is 10.8. The Morgan fingerprint density at radius 3 is 2.21 bits per heavy atom. The number of hydrogen-bond acceptors (Lipinski definition) is 3. The third-order valence-electron chi connectivity index (χ3n) is 2.73. The number of rotatable bonds is 3. The highest BCUT2D eigenvalue weighted by molar-refractivity contribution is 5.48. The number of furan rings is 1. The molecule has 19 heavy (non-hydrogen) atoms. The molecule has 0 radical (unpaired) electrons. The summed E-state index contributed by atoms with van der Waals surface area (Å²) < 4.78 is 58.1. The van der Waals surface area contributed by atoms with Gasteiger partial charge in [0, 0.05) is 19.2 Å². The van der Waals surface area contributed by atoms with Gasteiger partial charge in [-0.3, -0.25) is 0 Å². The van der Waals surface area contributed by atoms with Crippen molar-refractivity contribution in [3.63, 3.8) is 0 Å². The summed E-state index contributed by atoms with van der Waals surface area (Å²) >= 11 is 0. The summed E-state index contributed by atoms with van der Waals surface area (Å²) in [5.74, 6) is -5.85. The van der Waals surface area contributed by atoms with Crippen LogP contribution in [0.3, 0.4) is 0 Å². The molecule has 102 valence electrons. The number of anilines is 1. The van der Waals surface area contributed by atoms with Crippen LogP contribution in [-0.2, 0) is 6.54 Å². The summed E-state index contributed by atoms with van der Waals surface area (Å²) in [6.07, 6.45) is 1.42. The van der Waals surface area contributed by atoms with Crippen LogP contribution < -0.4 is 4.90 Å². The number of nitrogens with zero attached hydrogens (tertiary/aromatic N) is 2. The van der Waals surface area contributed by atoms with E-state index in [2.05, 4.69) is 4.98 Å².